The van der Waals surface area contributed by atoms with Gasteiger partial charge in [0.1, 0.15) is 18.4 Å². The van der Waals surface area contributed by atoms with Crippen LogP contribution in [0.4, 0.5) is 8.78 Å². The lowest BCUT2D eigenvalue weighted by atomic mass is 9.82. The summed E-state index contributed by atoms with van der Waals surface area (Å²) in [7, 11) is 1.15. The number of rotatable bonds is 4. The van der Waals surface area contributed by atoms with Crippen molar-refractivity contribution in [3.63, 3.8) is 0 Å². The van der Waals surface area contributed by atoms with Crippen molar-refractivity contribution in [1.29, 1.82) is 0 Å². The molecular formula is C16H27F2N5O3. The van der Waals surface area contributed by atoms with E-state index >= 15 is 0 Å². The Kier molecular flexibility index (Phi) is 6.38. The number of alkyl halides is 2. The van der Waals surface area contributed by atoms with E-state index in [2.05, 4.69) is 31.1 Å². The standard InChI is InChI=1S/C16H27F2N5O3/c1-26-16(25)10-6-9(7-11(17)14(10)18)20-15(24)12-2-3-13(22-21-12)23-5-4-19-8-23/h9-14,19,21-22H,2-8H2,1H3,(H,20,24). The van der Waals surface area contributed by atoms with E-state index in [4.69, 9.17) is 0 Å². The molecule has 1 aliphatic carbocycles. The molecule has 0 aromatic carbocycles. The largest absolute Gasteiger partial charge is 0.469 e. The Labute approximate surface area is 151 Å². The molecule has 3 rings (SSSR count). The number of nitrogens with one attached hydrogen (secondary N) is 4. The number of hydrazine groups is 1. The zero-order valence-electron chi connectivity index (χ0n) is 14.8. The van der Waals surface area contributed by atoms with Crippen molar-refractivity contribution in [3.05, 3.63) is 0 Å². The fraction of sp³-hybridized carbons (Fsp3) is 0.875. The normalized spacial score (nSPS) is 38.7. The molecule has 2 heterocycles. The SMILES string of the molecule is COC(=O)C1CC(NC(=O)C2CCC(N3CCNC3)NN2)CC(F)C1F. The molecule has 0 radical (unpaired) electrons. The first-order valence-electron chi connectivity index (χ1n) is 9.11. The Hall–Kier alpha value is -1.36. The summed E-state index contributed by atoms with van der Waals surface area (Å²) in [6.07, 6.45) is -2.17. The van der Waals surface area contributed by atoms with Gasteiger partial charge < -0.3 is 15.4 Å². The molecule has 1 amide bonds. The molecule has 3 fully saturated rings. The third-order valence-electron chi connectivity index (χ3n) is 5.43. The Bertz CT molecular complexity index is 512. The minimum atomic E-state index is -1.89. The lowest BCUT2D eigenvalue weighted by Crippen LogP contribution is -2.62. The fourth-order valence-electron chi connectivity index (χ4n) is 3.91. The van der Waals surface area contributed by atoms with E-state index in [-0.39, 0.29) is 24.9 Å². The summed E-state index contributed by atoms with van der Waals surface area (Å²) in [5.74, 6) is -2.23. The van der Waals surface area contributed by atoms with Gasteiger partial charge >= 0.3 is 5.97 Å². The number of halogens is 2. The van der Waals surface area contributed by atoms with Gasteiger partial charge in [0.05, 0.1) is 19.2 Å². The molecule has 8 nitrogen and oxygen atoms in total. The Balaban J connectivity index is 1.49. The lowest BCUT2D eigenvalue weighted by molar-refractivity contribution is -0.152. The maximum atomic E-state index is 13.9. The van der Waals surface area contributed by atoms with Gasteiger partial charge in [-0.15, -0.1) is 0 Å². The number of methoxy groups -OCH3 is 1. The average Bonchev–Trinajstić information content (AvgIpc) is 3.18. The molecule has 1 saturated carbocycles. The van der Waals surface area contributed by atoms with Crippen molar-refractivity contribution in [2.75, 3.05) is 26.9 Å². The van der Waals surface area contributed by atoms with Crippen LogP contribution in [0.1, 0.15) is 25.7 Å². The van der Waals surface area contributed by atoms with Crippen LogP contribution in [0.3, 0.4) is 0 Å². The van der Waals surface area contributed by atoms with Crippen LogP contribution in [0.25, 0.3) is 0 Å². The van der Waals surface area contributed by atoms with Gasteiger partial charge in [0.15, 0.2) is 0 Å². The first-order valence-corrected chi connectivity index (χ1v) is 9.11. The summed E-state index contributed by atoms with van der Waals surface area (Å²) in [5.41, 5.74) is 6.16. The van der Waals surface area contributed by atoms with Gasteiger partial charge in [0.25, 0.3) is 0 Å². The molecule has 0 spiro atoms. The van der Waals surface area contributed by atoms with Gasteiger partial charge in [-0.1, -0.05) is 0 Å². The summed E-state index contributed by atoms with van der Waals surface area (Å²) in [6.45, 7) is 2.72. The number of esters is 1. The Morgan fingerprint density at radius 2 is 2.00 bits per heavy atom. The molecular weight excluding hydrogens is 348 g/mol. The van der Waals surface area contributed by atoms with E-state index in [1.807, 2.05) is 0 Å². The van der Waals surface area contributed by atoms with Crippen molar-refractivity contribution in [1.82, 2.24) is 26.4 Å². The highest BCUT2D eigenvalue weighted by Gasteiger charge is 2.44. The van der Waals surface area contributed by atoms with Crippen LogP contribution in [0, 0.1) is 5.92 Å². The van der Waals surface area contributed by atoms with Gasteiger partial charge in [-0.25, -0.2) is 19.6 Å². The number of ether oxygens (including phenoxy) is 1. The van der Waals surface area contributed by atoms with Gasteiger partial charge in [-0.05, 0) is 19.3 Å². The predicted molar refractivity (Wildman–Crippen MR) is 89.1 cm³/mol. The number of hydrogen-bond donors (Lipinski definition) is 4. The summed E-state index contributed by atoms with van der Waals surface area (Å²) in [6, 6.07) is -1.03. The maximum Gasteiger partial charge on any atom is 0.311 e. The summed E-state index contributed by atoms with van der Waals surface area (Å²) >= 11 is 0. The highest BCUT2D eigenvalue weighted by molar-refractivity contribution is 5.82. The Morgan fingerprint density at radius 3 is 2.62 bits per heavy atom. The Morgan fingerprint density at radius 1 is 1.19 bits per heavy atom. The molecule has 2 saturated heterocycles. The van der Waals surface area contributed by atoms with Crippen molar-refractivity contribution >= 4 is 11.9 Å². The molecule has 6 atom stereocenters. The monoisotopic (exact) mass is 375 g/mol. The minimum Gasteiger partial charge on any atom is -0.469 e. The quantitative estimate of drug-likeness (QED) is 0.477. The van der Waals surface area contributed by atoms with Crippen LogP contribution in [0.2, 0.25) is 0 Å². The first kappa shape index (κ1) is 19.4. The van der Waals surface area contributed by atoms with Crippen molar-refractivity contribution in [2.45, 2.75) is 56.3 Å². The van der Waals surface area contributed by atoms with E-state index in [1.54, 1.807) is 0 Å². The van der Waals surface area contributed by atoms with E-state index in [9.17, 15) is 18.4 Å². The second kappa shape index (κ2) is 8.55. The third-order valence-corrected chi connectivity index (χ3v) is 5.43. The average molecular weight is 375 g/mol. The van der Waals surface area contributed by atoms with E-state index < -0.39 is 36.3 Å². The summed E-state index contributed by atoms with van der Waals surface area (Å²) < 4.78 is 32.4. The zero-order valence-corrected chi connectivity index (χ0v) is 14.8. The van der Waals surface area contributed by atoms with Crippen LogP contribution in [0.15, 0.2) is 0 Å². The highest BCUT2D eigenvalue weighted by atomic mass is 19.2. The van der Waals surface area contributed by atoms with Gasteiger partial charge in [-0.3, -0.25) is 14.5 Å². The minimum absolute atomic E-state index is 0.0439. The molecule has 4 N–H and O–H groups in total. The molecule has 26 heavy (non-hydrogen) atoms. The van der Waals surface area contributed by atoms with E-state index in [0.717, 1.165) is 33.3 Å². The topological polar surface area (TPSA) is 94.7 Å². The van der Waals surface area contributed by atoms with E-state index in [1.165, 1.54) is 0 Å². The second-order valence-electron chi connectivity index (χ2n) is 7.17. The van der Waals surface area contributed by atoms with Crippen LogP contribution >= 0.6 is 0 Å². The van der Waals surface area contributed by atoms with Crippen molar-refractivity contribution in [3.8, 4) is 0 Å². The van der Waals surface area contributed by atoms with Crippen LogP contribution in [-0.2, 0) is 14.3 Å². The van der Waals surface area contributed by atoms with Gasteiger partial charge in [0, 0.05) is 32.2 Å². The molecule has 0 aromatic rings. The van der Waals surface area contributed by atoms with Crippen molar-refractivity contribution in [2.24, 2.45) is 5.92 Å². The number of hydrogen-bond acceptors (Lipinski definition) is 7. The first-order chi connectivity index (χ1) is 12.5. The number of nitrogens with zero attached hydrogens (tertiary/aromatic N) is 1. The number of carbonyl (C=O) groups excluding carboxylic acids is 2. The van der Waals surface area contributed by atoms with Crippen LogP contribution in [-0.4, -0.2) is 74.2 Å². The van der Waals surface area contributed by atoms with Gasteiger partial charge in [-0.2, -0.15) is 0 Å². The van der Waals surface area contributed by atoms with Gasteiger partial charge in [0.2, 0.25) is 5.91 Å². The molecule has 148 valence electrons. The predicted octanol–water partition coefficient (Wildman–Crippen LogP) is -0.824. The van der Waals surface area contributed by atoms with Crippen LogP contribution < -0.4 is 21.5 Å². The summed E-state index contributed by atoms with van der Waals surface area (Å²) in [4.78, 5) is 26.3. The lowest BCUT2D eigenvalue weighted by Gasteiger charge is -2.37. The smallest absolute Gasteiger partial charge is 0.311 e. The number of carbonyl (C=O) groups is 2. The second-order valence-corrected chi connectivity index (χ2v) is 7.17. The zero-order chi connectivity index (χ0) is 18.7. The molecule has 10 heteroatoms. The van der Waals surface area contributed by atoms with Crippen molar-refractivity contribution < 1.29 is 23.1 Å². The third kappa shape index (κ3) is 4.30. The maximum absolute atomic E-state index is 13.9. The molecule has 0 aromatic heterocycles. The molecule has 2 aliphatic heterocycles. The fourth-order valence-corrected chi connectivity index (χ4v) is 3.91. The number of amides is 1. The molecule has 6 unspecified atom stereocenters. The summed E-state index contributed by atoms with van der Waals surface area (Å²) in [5, 5.41) is 6.01. The van der Waals surface area contributed by atoms with Crippen LogP contribution in [0.5, 0.6) is 0 Å². The highest BCUT2D eigenvalue weighted by Crippen LogP contribution is 2.31. The molecule has 0 bridgehead atoms. The van der Waals surface area contributed by atoms with E-state index in [0.29, 0.717) is 6.42 Å². The molecule has 3 aliphatic rings.